The first-order chi connectivity index (χ1) is 10.7. The van der Waals surface area contributed by atoms with Gasteiger partial charge in [-0.1, -0.05) is 74.2 Å². The molecule has 1 fully saturated rings. The topological polar surface area (TPSA) is 26.0 Å². The maximum atomic E-state index is 6.27. The fraction of sp³-hybridized carbons (Fsp3) is 0.684. The summed E-state index contributed by atoms with van der Waals surface area (Å²) in [5.41, 5.74) is 7.30. The summed E-state index contributed by atoms with van der Waals surface area (Å²) in [4.78, 5) is 0. The van der Waals surface area contributed by atoms with Gasteiger partial charge in [0.1, 0.15) is 0 Å². The van der Waals surface area contributed by atoms with Gasteiger partial charge < -0.3 is 5.73 Å². The number of hydrogen-bond acceptors (Lipinski definition) is 1. The molecule has 2 rings (SSSR count). The Balaban J connectivity index is 1.99. The third-order valence-corrected chi connectivity index (χ3v) is 5.94. The molecule has 3 heteroatoms. The van der Waals surface area contributed by atoms with Gasteiger partial charge in [-0.3, -0.25) is 0 Å². The molecule has 22 heavy (non-hydrogen) atoms. The van der Waals surface area contributed by atoms with Crippen LogP contribution in [0, 0.1) is 0 Å². The quantitative estimate of drug-likeness (QED) is 0.537. The van der Waals surface area contributed by atoms with E-state index in [2.05, 4.69) is 12.1 Å². The predicted molar refractivity (Wildman–Crippen MR) is 98.0 cm³/mol. The van der Waals surface area contributed by atoms with Crippen molar-refractivity contribution in [3.8, 4) is 0 Å². The highest BCUT2D eigenvalue weighted by Crippen LogP contribution is 2.44. The molecule has 0 atom stereocenters. The van der Waals surface area contributed by atoms with Crippen molar-refractivity contribution in [3.63, 3.8) is 0 Å². The van der Waals surface area contributed by atoms with Crippen molar-refractivity contribution in [1.82, 2.24) is 0 Å². The van der Waals surface area contributed by atoms with Crippen molar-refractivity contribution in [3.05, 3.63) is 33.8 Å². The Morgan fingerprint density at radius 2 is 1.55 bits per heavy atom. The Kier molecular flexibility index (Phi) is 7.53. The van der Waals surface area contributed by atoms with E-state index in [4.69, 9.17) is 28.9 Å². The van der Waals surface area contributed by atoms with Gasteiger partial charge in [-0.25, -0.2) is 0 Å². The minimum absolute atomic E-state index is 0.334. The average Bonchev–Trinajstić information content (AvgIpc) is 2.54. The third-order valence-electron chi connectivity index (χ3n) is 5.20. The molecular formula is C19H29Cl2N. The summed E-state index contributed by atoms with van der Waals surface area (Å²) in [5, 5.41) is 1.37. The maximum absolute atomic E-state index is 6.27. The van der Waals surface area contributed by atoms with Crippen LogP contribution in [0.2, 0.25) is 10.0 Å². The van der Waals surface area contributed by atoms with E-state index in [1.807, 2.05) is 6.07 Å². The van der Waals surface area contributed by atoms with Crippen LogP contribution in [-0.2, 0) is 5.41 Å². The minimum Gasteiger partial charge on any atom is -0.330 e. The Hall–Kier alpha value is -0.240. The van der Waals surface area contributed by atoms with Gasteiger partial charge in [0.05, 0.1) is 10.0 Å². The number of rotatable bonds is 8. The number of nitrogens with two attached hydrogens (primary N) is 1. The van der Waals surface area contributed by atoms with Crippen molar-refractivity contribution >= 4 is 23.2 Å². The van der Waals surface area contributed by atoms with Crippen molar-refractivity contribution in [1.29, 1.82) is 0 Å². The monoisotopic (exact) mass is 341 g/mol. The molecule has 1 aromatic carbocycles. The summed E-state index contributed by atoms with van der Waals surface area (Å²) in [5.74, 6) is 0. The maximum Gasteiger partial charge on any atom is 0.0595 e. The van der Waals surface area contributed by atoms with Gasteiger partial charge in [0.2, 0.25) is 0 Å². The van der Waals surface area contributed by atoms with Crippen LogP contribution in [0.3, 0.4) is 0 Å². The molecule has 0 unspecified atom stereocenters. The fourth-order valence-electron chi connectivity index (χ4n) is 3.88. The van der Waals surface area contributed by atoms with Crippen LogP contribution >= 0.6 is 23.2 Å². The molecule has 1 saturated carbocycles. The average molecular weight is 342 g/mol. The lowest BCUT2D eigenvalue weighted by Gasteiger charge is -2.38. The van der Waals surface area contributed by atoms with Crippen molar-refractivity contribution < 1.29 is 0 Å². The van der Waals surface area contributed by atoms with Crippen LogP contribution in [-0.4, -0.2) is 6.54 Å². The molecule has 2 N–H and O–H groups in total. The van der Waals surface area contributed by atoms with Crippen molar-refractivity contribution in [2.75, 3.05) is 6.54 Å². The fourth-order valence-corrected chi connectivity index (χ4v) is 4.17. The van der Waals surface area contributed by atoms with Crippen LogP contribution in [0.1, 0.15) is 76.2 Å². The summed E-state index contributed by atoms with van der Waals surface area (Å²) in [6, 6.07) is 6.29. The van der Waals surface area contributed by atoms with Crippen LogP contribution in [0.4, 0.5) is 0 Å². The molecule has 0 radical (unpaired) electrons. The molecule has 1 aliphatic rings. The van der Waals surface area contributed by atoms with E-state index in [0.29, 0.717) is 15.5 Å². The third kappa shape index (κ3) is 4.88. The standard InChI is InChI=1S/C19H29Cl2N/c20-17-10-9-16(15-18(17)21)19(12-6-4-7-13-19)11-5-2-1-3-8-14-22/h9-10,15H,1-8,11-14,22H2. The molecule has 0 spiro atoms. The molecule has 1 nitrogen and oxygen atoms in total. The van der Waals surface area contributed by atoms with Crippen LogP contribution in [0.5, 0.6) is 0 Å². The molecule has 0 saturated heterocycles. The molecule has 124 valence electrons. The van der Waals surface area contributed by atoms with Crippen LogP contribution < -0.4 is 5.73 Å². The first-order valence-electron chi connectivity index (χ1n) is 8.83. The van der Waals surface area contributed by atoms with E-state index < -0.39 is 0 Å². The zero-order valence-electron chi connectivity index (χ0n) is 13.6. The molecule has 0 amide bonds. The molecule has 1 aromatic rings. The van der Waals surface area contributed by atoms with Gasteiger partial charge in [0.25, 0.3) is 0 Å². The second-order valence-electron chi connectivity index (χ2n) is 6.78. The van der Waals surface area contributed by atoms with E-state index in [1.54, 1.807) is 0 Å². The van der Waals surface area contributed by atoms with Gasteiger partial charge in [-0.15, -0.1) is 0 Å². The summed E-state index contributed by atoms with van der Waals surface area (Å²) < 4.78 is 0. The van der Waals surface area contributed by atoms with Crippen molar-refractivity contribution in [2.24, 2.45) is 5.73 Å². The Morgan fingerprint density at radius 1 is 0.864 bits per heavy atom. The number of halogens is 2. The lowest BCUT2D eigenvalue weighted by atomic mass is 9.66. The lowest BCUT2D eigenvalue weighted by molar-refractivity contribution is 0.265. The molecular weight excluding hydrogens is 313 g/mol. The summed E-state index contributed by atoms with van der Waals surface area (Å²) in [6.45, 7) is 0.827. The summed E-state index contributed by atoms with van der Waals surface area (Å²) in [7, 11) is 0. The van der Waals surface area contributed by atoms with Crippen LogP contribution in [0.15, 0.2) is 18.2 Å². The van der Waals surface area contributed by atoms with E-state index in [-0.39, 0.29) is 0 Å². The smallest absolute Gasteiger partial charge is 0.0595 e. The number of benzene rings is 1. The normalized spacial score (nSPS) is 17.6. The van der Waals surface area contributed by atoms with E-state index >= 15 is 0 Å². The molecule has 1 aliphatic carbocycles. The van der Waals surface area contributed by atoms with Gasteiger partial charge in [-0.05, 0) is 55.3 Å². The largest absolute Gasteiger partial charge is 0.330 e. The summed E-state index contributed by atoms with van der Waals surface area (Å²) >= 11 is 12.4. The van der Waals surface area contributed by atoms with Gasteiger partial charge in [0.15, 0.2) is 0 Å². The van der Waals surface area contributed by atoms with Gasteiger partial charge in [0, 0.05) is 0 Å². The molecule has 0 aliphatic heterocycles. The molecule has 0 bridgehead atoms. The highest BCUT2D eigenvalue weighted by atomic mass is 35.5. The first-order valence-corrected chi connectivity index (χ1v) is 9.59. The lowest BCUT2D eigenvalue weighted by Crippen LogP contribution is -2.29. The first kappa shape index (κ1) is 18.1. The van der Waals surface area contributed by atoms with E-state index in [9.17, 15) is 0 Å². The highest BCUT2D eigenvalue weighted by Gasteiger charge is 2.33. The van der Waals surface area contributed by atoms with Gasteiger partial charge in [-0.2, -0.15) is 0 Å². The Morgan fingerprint density at radius 3 is 2.23 bits per heavy atom. The van der Waals surface area contributed by atoms with Crippen molar-refractivity contribution in [2.45, 2.75) is 76.0 Å². The zero-order valence-corrected chi connectivity index (χ0v) is 15.1. The number of unbranched alkanes of at least 4 members (excludes halogenated alkanes) is 4. The second kappa shape index (κ2) is 9.15. The Bertz CT molecular complexity index is 453. The zero-order chi connectivity index (χ0) is 15.8. The predicted octanol–water partition coefficient (Wildman–Crippen LogP) is 6.49. The minimum atomic E-state index is 0.334. The van der Waals surface area contributed by atoms with Crippen LogP contribution in [0.25, 0.3) is 0 Å². The second-order valence-corrected chi connectivity index (χ2v) is 7.59. The molecule has 0 aromatic heterocycles. The highest BCUT2D eigenvalue weighted by molar-refractivity contribution is 6.42. The summed E-state index contributed by atoms with van der Waals surface area (Å²) in [6.07, 6.45) is 14.3. The van der Waals surface area contributed by atoms with E-state index in [0.717, 1.165) is 13.0 Å². The number of hydrogen-bond donors (Lipinski definition) is 1. The Labute approximate surface area is 145 Å². The van der Waals surface area contributed by atoms with Gasteiger partial charge >= 0.3 is 0 Å². The molecule has 0 heterocycles. The van der Waals surface area contributed by atoms with E-state index in [1.165, 1.54) is 69.8 Å². The SMILES string of the molecule is NCCCCCCCC1(c2ccc(Cl)c(Cl)c2)CCCCC1.